The lowest BCUT2D eigenvalue weighted by atomic mass is 9.82. The number of nitrogens with two attached hydrogens (primary N) is 1. The maximum Gasteiger partial charge on any atom is 0.230 e. The van der Waals surface area contributed by atoms with Crippen molar-refractivity contribution in [1.82, 2.24) is 5.32 Å². The van der Waals surface area contributed by atoms with E-state index in [0.717, 1.165) is 24.0 Å². The predicted octanol–water partition coefficient (Wildman–Crippen LogP) is 2.44. The fraction of sp³-hybridized carbons (Fsp3) is 0.562. The summed E-state index contributed by atoms with van der Waals surface area (Å²) in [5, 5.41) is 2.99. The van der Waals surface area contributed by atoms with Crippen LogP contribution in [-0.4, -0.2) is 11.9 Å². The van der Waals surface area contributed by atoms with Gasteiger partial charge in [-0.2, -0.15) is 0 Å². The molecule has 3 N–H and O–H groups in total. The lowest BCUT2D eigenvalue weighted by molar-refractivity contribution is -0.126. The Hall–Kier alpha value is -1.35. The number of hydrogen-bond acceptors (Lipinski definition) is 2. The van der Waals surface area contributed by atoms with Crippen molar-refractivity contribution < 1.29 is 4.79 Å². The first-order valence-corrected chi connectivity index (χ1v) is 6.96. The number of carbonyl (C=O) groups is 1. The van der Waals surface area contributed by atoms with E-state index in [9.17, 15) is 4.79 Å². The summed E-state index contributed by atoms with van der Waals surface area (Å²) in [6.07, 6.45) is 2.07. The first kappa shape index (κ1) is 14.1. The van der Waals surface area contributed by atoms with Crippen LogP contribution in [-0.2, 0) is 15.7 Å². The highest BCUT2D eigenvalue weighted by Crippen LogP contribution is 2.43. The number of hydrogen-bond donors (Lipinski definition) is 2. The van der Waals surface area contributed by atoms with E-state index < -0.39 is 5.41 Å². The molecule has 104 valence electrons. The molecule has 1 aromatic rings. The van der Waals surface area contributed by atoms with Crippen molar-refractivity contribution in [2.24, 2.45) is 5.73 Å². The van der Waals surface area contributed by atoms with Crippen LogP contribution in [0.15, 0.2) is 24.3 Å². The van der Waals surface area contributed by atoms with Crippen molar-refractivity contribution >= 4 is 5.91 Å². The Morgan fingerprint density at radius 2 is 2.00 bits per heavy atom. The summed E-state index contributed by atoms with van der Waals surface area (Å²) in [5.74, 6) is 0.0570. The molecular weight excluding hydrogens is 236 g/mol. The zero-order valence-electron chi connectivity index (χ0n) is 12.3. The molecule has 3 nitrogen and oxygen atoms in total. The van der Waals surface area contributed by atoms with Crippen molar-refractivity contribution in [3.8, 4) is 0 Å². The summed E-state index contributed by atoms with van der Waals surface area (Å²) in [6, 6.07) is 8.32. The molecule has 1 aliphatic rings. The number of nitrogens with one attached hydrogen (secondary N) is 1. The van der Waals surface area contributed by atoms with E-state index >= 15 is 0 Å². The molecule has 0 radical (unpaired) electrons. The van der Waals surface area contributed by atoms with Crippen LogP contribution in [0.5, 0.6) is 0 Å². The second-order valence-corrected chi connectivity index (χ2v) is 6.49. The zero-order chi connectivity index (χ0) is 14.3. The predicted molar refractivity (Wildman–Crippen MR) is 77.8 cm³/mol. The Morgan fingerprint density at radius 3 is 2.53 bits per heavy atom. The van der Waals surface area contributed by atoms with Crippen LogP contribution in [0.2, 0.25) is 0 Å². The number of rotatable bonds is 4. The van der Waals surface area contributed by atoms with Gasteiger partial charge in [0.25, 0.3) is 0 Å². The van der Waals surface area contributed by atoms with E-state index in [4.69, 9.17) is 5.73 Å². The van der Waals surface area contributed by atoms with E-state index in [1.807, 2.05) is 39.8 Å². The summed E-state index contributed by atoms with van der Waals surface area (Å²) in [7, 11) is 0. The first-order valence-electron chi connectivity index (χ1n) is 6.96. The molecule has 1 saturated carbocycles. The Labute approximate surface area is 115 Å². The van der Waals surface area contributed by atoms with E-state index in [1.165, 1.54) is 0 Å². The third-order valence-corrected chi connectivity index (χ3v) is 3.94. The monoisotopic (exact) mass is 260 g/mol. The minimum absolute atomic E-state index is 0.0570. The van der Waals surface area contributed by atoms with Gasteiger partial charge in [0.15, 0.2) is 0 Å². The molecule has 0 atom stereocenters. The van der Waals surface area contributed by atoms with Gasteiger partial charge in [0.05, 0.1) is 5.41 Å². The average molecular weight is 260 g/mol. The van der Waals surface area contributed by atoms with Crippen molar-refractivity contribution in [2.75, 3.05) is 0 Å². The maximum atomic E-state index is 12.3. The topological polar surface area (TPSA) is 55.1 Å². The lowest BCUT2D eigenvalue weighted by Gasteiger charge is -2.26. The van der Waals surface area contributed by atoms with Crippen molar-refractivity contribution in [1.29, 1.82) is 0 Å². The van der Waals surface area contributed by atoms with Gasteiger partial charge in [0, 0.05) is 11.6 Å². The van der Waals surface area contributed by atoms with Crippen LogP contribution in [0.4, 0.5) is 0 Å². The lowest BCUT2D eigenvalue weighted by Crippen LogP contribution is -2.43. The van der Waals surface area contributed by atoms with Gasteiger partial charge < -0.3 is 11.1 Å². The molecule has 0 unspecified atom stereocenters. The molecule has 0 saturated heterocycles. The molecule has 19 heavy (non-hydrogen) atoms. The quantitative estimate of drug-likeness (QED) is 0.873. The smallest absolute Gasteiger partial charge is 0.230 e. The fourth-order valence-electron chi connectivity index (χ4n) is 2.21. The molecule has 1 fully saturated rings. The Bertz CT molecular complexity index is 487. The number of carbonyl (C=O) groups excluding carboxylic acids is 1. The van der Waals surface area contributed by atoms with Crippen LogP contribution < -0.4 is 11.1 Å². The third kappa shape index (κ3) is 2.81. The highest BCUT2D eigenvalue weighted by atomic mass is 16.2. The fourth-order valence-corrected chi connectivity index (χ4v) is 2.21. The highest BCUT2D eigenvalue weighted by Gasteiger charge is 2.41. The second kappa shape index (κ2) is 4.64. The molecular formula is C16H24N2O. The molecule has 1 amide bonds. The highest BCUT2D eigenvalue weighted by molar-refractivity contribution is 5.87. The van der Waals surface area contributed by atoms with E-state index in [1.54, 1.807) is 0 Å². The third-order valence-electron chi connectivity index (χ3n) is 3.94. The molecule has 0 heterocycles. The van der Waals surface area contributed by atoms with Gasteiger partial charge in [-0.3, -0.25) is 4.79 Å². The van der Waals surface area contributed by atoms with Gasteiger partial charge in [-0.1, -0.05) is 24.3 Å². The minimum Gasteiger partial charge on any atom is -0.353 e. The molecule has 0 aliphatic heterocycles. The average Bonchev–Trinajstić information content (AvgIpc) is 3.08. The van der Waals surface area contributed by atoms with Gasteiger partial charge >= 0.3 is 0 Å². The first-order chi connectivity index (χ1) is 8.75. The standard InChI is InChI=1S/C16H24N2O/c1-11(2)18-14(19)15(3,4)12-6-5-7-13(10-12)16(17)8-9-16/h5-7,10-11H,8-9,17H2,1-4H3,(H,18,19). The Morgan fingerprint density at radius 1 is 1.37 bits per heavy atom. The summed E-state index contributed by atoms with van der Waals surface area (Å²) in [6.45, 7) is 7.87. The number of benzene rings is 1. The van der Waals surface area contributed by atoms with Crippen molar-refractivity contribution in [3.05, 3.63) is 35.4 Å². The molecule has 2 rings (SSSR count). The van der Waals surface area contributed by atoms with Gasteiger partial charge in [0.1, 0.15) is 0 Å². The molecule has 0 spiro atoms. The number of amides is 1. The van der Waals surface area contributed by atoms with Crippen LogP contribution in [0.25, 0.3) is 0 Å². The van der Waals surface area contributed by atoms with E-state index in [0.29, 0.717) is 0 Å². The van der Waals surface area contributed by atoms with Crippen LogP contribution in [0.1, 0.15) is 51.7 Å². The SMILES string of the molecule is CC(C)NC(=O)C(C)(C)c1cccc(C2(N)CC2)c1. The van der Waals surface area contributed by atoms with Gasteiger partial charge in [-0.25, -0.2) is 0 Å². The van der Waals surface area contributed by atoms with E-state index in [2.05, 4.69) is 17.4 Å². The van der Waals surface area contributed by atoms with Crippen molar-refractivity contribution in [2.45, 2.75) is 57.5 Å². The second-order valence-electron chi connectivity index (χ2n) is 6.49. The van der Waals surface area contributed by atoms with Crippen LogP contribution in [0, 0.1) is 0 Å². The Balaban J connectivity index is 2.27. The largest absolute Gasteiger partial charge is 0.353 e. The Kier molecular flexibility index (Phi) is 3.43. The summed E-state index contributed by atoms with van der Waals surface area (Å²) in [4.78, 5) is 12.3. The maximum absolute atomic E-state index is 12.3. The van der Waals surface area contributed by atoms with Gasteiger partial charge in [-0.15, -0.1) is 0 Å². The molecule has 0 bridgehead atoms. The zero-order valence-corrected chi connectivity index (χ0v) is 12.3. The summed E-state index contributed by atoms with van der Waals surface area (Å²) >= 11 is 0. The molecule has 1 aromatic carbocycles. The van der Waals surface area contributed by atoms with E-state index in [-0.39, 0.29) is 17.5 Å². The van der Waals surface area contributed by atoms with Crippen LogP contribution in [0.3, 0.4) is 0 Å². The van der Waals surface area contributed by atoms with Crippen molar-refractivity contribution in [3.63, 3.8) is 0 Å². The van der Waals surface area contributed by atoms with Crippen LogP contribution >= 0.6 is 0 Å². The molecule has 3 heteroatoms. The summed E-state index contributed by atoms with van der Waals surface area (Å²) < 4.78 is 0. The molecule has 0 aromatic heterocycles. The van der Waals surface area contributed by atoms with Gasteiger partial charge in [0.2, 0.25) is 5.91 Å². The normalized spacial score (nSPS) is 17.4. The summed E-state index contributed by atoms with van der Waals surface area (Å²) in [5.41, 5.74) is 7.72. The molecule has 1 aliphatic carbocycles. The van der Waals surface area contributed by atoms with Gasteiger partial charge in [-0.05, 0) is 51.7 Å². The minimum atomic E-state index is -0.536.